The molecule has 0 aromatic carbocycles. The number of carboxylic acid groups (broad SMARTS) is 1. The molecule has 0 aliphatic rings. The van der Waals surface area contributed by atoms with Crippen LogP contribution >= 0.6 is 0 Å². The summed E-state index contributed by atoms with van der Waals surface area (Å²) in [5.41, 5.74) is 1.30. The third-order valence-electron chi connectivity index (χ3n) is 2.30. The second-order valence-corrected chi connectivity index (χ2v) is 4.03. The maximum absolute atomic E-state index is 11.5. The van der Waals surface area contributed by atoms with Gasteiger partial charge in [-0.1, -0.05) is 0 Å². The molecule has 8 heteroatoms. The molecule has 0 spiro atoms. The zero-order valence-corrected chi connectivity index (χ0v) is 10.6. The summed E-state index contributed by atoms with van der Waals surface area (Å²) in [5.74, 6) is -1.31. The van der Waals surface area contributed by atoms with Crippen molar-refractivity contribution < 1.29 is 19.8 Å². The minimum absolute atomic E-state index is 0.116. The number of hydrogen-bond donors (Lipinski definition) is 4. The van der Waals surface area contributed by atoms with Gasteiger partial charge in [-0.3, -0.25) is 9.97 Å². The van der Waals surface area contributed by atoms with Crippen LogP contribution in [0, 0.1) is 6.92 Å². The van der Waals surface area contributed by atoms with E-state index >= 15 is 0 Å². The van der Waals surface area contributed by atoms with Crippen LogP contribution in [-0.4, -0.2) is 44.3 Å². The predicted molar refractivity (Wildman–Crippen MR) is 65.2 cm³/mol. The highest BCUT2D eigenvalue weighted by molar-refractivity contribution is 5.82. The summed E-state index contributed by atoms with van der Waals surface area (Å²) in [6.45, 7) is 3.19. The van der Waals surface area contributed by atoms with E-state index in [-0.39, 0.29) is 6.54 Å². The SMILES string of the molecule is Cc1cnc(CNC(=O)N[C@H](C(=O)O)[C@@H](C)O)cn1. The van der Waals surface area contributed by atoms with E-state index in [4.69, 9.17) is 5.11 Å². The van der Waals surface area contributed by atoms with E-state index in [0.717, 1.165) is 5.69 Å². The molecule has 0 unspecified atom stereocenters. The molecule has 4 N–H and O–H groups in total. The minimum Gasteiger partial charge on any atom is -0.480 e. The van der Waals surface area contributed by atoms with E-state index in [1.54, 1.807) is 13.1 Å². The number of hydrogen-bond acceptors (Lipinski definition) is 5. The van der Waals surface area contributed by atoms with E-state index in [9.17, 15) is 14.7 Å². The third-order valence-corrected chi connectivity index (χ3v) is 2.30. The Labute approximate surface area is 109 Å². The number of aliphatic hydroxyl groups is 1. The number of carboxylic acids is 1. The van der Waals surface area contributed by atoms with E-state index in [2.05, 4.69) is 20.6 Å². The summed E-state index contributed by atoms with van der Waals surface area (Å²) in [6.07, 6.45) is 1.88. The number of aromatic nitrogens is 2. The molecule has 104 valence electrons. The Bertz CT molecular complexity index is 447. The smallest absolute Gasteiger partial charge is 0.328 e. The second-order valence-electron chi connectivity index (χ2n) is 4.03. The summed E-state index contributed by atoms with van der Waals surface area (Å²) < 4.78 is 0. The molecule has 0 aliphatic carbocycles. The van der Waals surface area contributed by atoms with Gasteiger partial charge in [0.2, 0.25) is 0 Å². The Hall–Kier alpha value is -2.22. The number of aliphatic hydroxyl groups excluding tert-OH is 1. The van der Waals surface area contributed by atoms with Crippen molar-refractivity contribution in [3.05, 3.63) is 23.8 Å². The average molecular weight is 268 g/mol. The van der Waals surface area contributed by atoms with Crippen LogP contribution < -0.4 is 10.6 Å². The highest BCUT2D eigenvalue weighted by Crippen LogP contribution is 1.95. The monoisotopic (exact) mass is 268 g/mol. The van der Waals surface area contributed by atoms with Crippen molar-refractivity contribution >= 4 is 12.0 Å². The number of carbonyl (C=O) groups is 2. The second kappa shape index (κ2) is 6.64. The standard InChI is InChI=1S/C11H16N4O4/c1-6-3-13-8(4-12-6)5-14-11(19)15-9(7(2)16)10(17)18/h3-4,7,9,16H,5H2,1-2H3,(H,17,18)(H2,14,15,19)/t7-,9+/m1/s1. The Balaban J connectivity index is 2.47. The van der Waals surface area contributed by atoms with Crippen molar-refractivity contribution in [2.45, 2.75) is 32.5 Å². The summed E-state index contributed by atoms with van der Waals surface area (Å²) in [5, 5.41) is 22.6. The van der Waals surface area contributed by atoms with Gasteiger partial charge in [-0.2, -0.15) is 0 Å². The van der Waals surface area contributed by atoms with Crippen molar-refractivity contribution in [2.24, 2.45) is 0 Å². The number of amides is 2. The topological polar surface area (TPSA) is 124 Å². The van der Waals surface area contributed by atoms with Crippen LogP contribution in [0.1, 0.15) is 18.3 Å². The van der Waals surface area contributed by atoms with Gasteiger partial charge in [0, 0.05) is 6.20 Å². The normalized spacial score (nSPS) is 13.4. The molecule has 0 saturated heterocycles. The van der Waals surface area contributed by atoms with E-state index in [1.165, 1.54) is 13.1 Å². The largest absolute Gasteiger partial charge is 0.480 e. The van der Waals surface area contributed by atoms with Crippen molar-refractivity contribution in [2.75, 3.05) is 0 Å². The zero-order chi connectivity index (χ0) is 14.4. The van der Waals surface area contributed by atoms with Gasteiger partial charge in [-0.05, 0) is 13.8 Å². The van der Waals surface area contributed by atoms with Crippen LogP contribution in [0.4, 0.5) is 4.79 Å². The van der Waals surface area contributed by atoms with Crippen molar-refractivity contribution in [3.8, 4) is 0 Å². The van der Waals surface area contributed by atoms with Gasteiger partial charge < -0.3 is 20.8 Å². The molecule has 2 atom stereocenters. The molecule has 1 rings (SSSR count). The molecule has 0 saturated carbocycles. The average Bonchev–Trinajstić information content (AvgIpc) is 2.34. The number of nitrogens with zero attached hydrogens (tertiary/aromatic N) is 2. The molecule has 0 fully saturated rings. The van der Waals surface area contributed by atoms with Crippen LogP contribution in [0.2, 0.25) is 0 Å². The molecular weight excluding hydrogens is 252 g/mol. The van der Waals surface area contributed by atoms with Crippen LogP contribution in [-0.2, 0) is 11.3 Å². The number of aliphatic carboxylic acids is 1. The van der Waals surface area contributed by atoms with Gasteiger partial charge in [0.15, 0.2) is 6.04 Å². The predicted octanol–water partition coefficient (Wildman–Crippen LogP) is -0.582. The summed E-state index contributed by atoms with van der Waals surface area (Å²) in [4.78, 5) is 30.3. The van der Waals surface area contributed by atoms with Crippen LogP contribution in [0.15, 0.2) is 12.4 Å². The van der Waals surface area contributed by atoms with E-state index < -0.39 is 24.1 Å². The molecule has 1 heterocycles. The number of nitrogens with one attached hydrogen (secondary N) is 2. The summed E-state index contributed by atoms with van der Waals surface area (Å²) in [6, 6.07) is -2.06. The van der Waals surface area contributed by atoms with Crippen LogP contribution in [0.25, 0.3) is 0 Å². The Morgan fingerprint density at radius 3 is 2.53 bits per heavy atom. The Kier molecular flexibility index (Phi) is 5.19. The summed E-state index contributed by atoms with van der Waals surface area (Å²) in [7, 11) is 0. The highest BCUT2D eigenvalue weighted by Gasteiger charge is 2.24. The molecule has 1 aromatic heterocycles. The van der Waals surface area contributed by atoms with Gasteiger partial charge in [-0.15, -0.1) is 0 Å². The fourth-order valence-electron chi connectivity index (χ4n) is 1.26. The number of carbonyl (C=O) groups excluding carboxylic acids is 1. The highest BCUT2D eigenvalue weighted by atomic mass is 16.4. The molecule has 1 aromatic rings. The lowest BCUT2D eigenvalue weighted by Crippen LogP contribution is -2.51. The van der Waals surface area contributed by atoms with Crippen LogP contribution in [0.5, 0.6) is 0 Å². The van der Waals surface area contributed by atoms with Crippen molar-refractivity contribution in [1.29, 1.82) is 0 Å². The maximum Gasteiger partial charge on any atom is 0.328 e. The first-order valence-corrected chi connectivity index (χ1v) is 5.63. The van der Waals surface area contributed by atoms with E-state index in [1.807, 2.05) is 0 Å². The first-order chi connectivity index (χ1) is 8.90. The lowest BCUT2D eigenvalue weighted by atomic mass is 10.2. The van der Waals surface area contributed by atoms with E-state index in [0.29, 0.717) is 5.69 Å². The quantitative estimate of drug-likeness (QED) is 0.566. The van der Waals surface area contributed by atoms with Gasteiger partial charge in [0.1, 0.15) is 0 Å². The number of urea groups is 1. The molecule has 19 heavy (non-hydrogen) atoms. The molecule has 0 aliphatic heterocycles. The fraction of sp³-hybridized carbons (Fsp3) is 0.455. The molecular formula is C11H16N4O4. The minimum atomic E-state index is -1.36. The fourth-order valence-corrected chi connectivity index (χ4v) is 1.26. The van der Waals surface area contributed by atoms with Gasteiger partial charge in [0.05, 0.1) is 30.2 Å². The summed E-state index contributed by atoms with van der Waals surface area (Å²) >= 11 is 0. The van der Waals surface area contributed by atoms with Gasteiger partial charge >= 0.3 is 12.0 Å². The molecule has 8 nitrogen and oxygen atoms in total. The first kappa shape index (κ1) is 14.8. The van der Waals surface area contributed by atoms with Crippen LogP contribution in [0.3, 0.4) is 0 Å². The van der Waals surface area contributed by atoms with Gasteiger partial charge in [-0.25, -0.2) is 9.59 Å². The number of aryl methyl sites for hydroxylation is 1. The Morgan fingerprint density at radius 2 is 2.05 bits per heavy atom. The molecule has 0 radical (unpaired) electrons. The zero-order valence-electron chi connectivity index (χ0n) is 10.6. The molecule has 0 bridgehead atoms. The maximum atomic E-state index is 11.5. The lowest BCUT2D eigenvalue weighted by molar-refractivity contribution is -0.141. The lowest BCUT2D eigenvalue weighted by Gasteiger charge is -2.17. The van der Waals surface area contributed by atoms with Gasteiger partial charge in [0.25, 0.3) is 0 Å². The third kappa shape index (κ3) is 4.88. The van der Waals surface area contributed by atoms with Crippen molar-refractivity contribution in [3.63, 3.8) is 0 Å². The number of rotatable bonds is 5. The first-order valence-electron chi connectivity index (χ1n) is 5.63. The molecule has 2 amide bonds. The Morgan fingerprint density at radius 1 is 1.37 bits per heavy atom. The van der Waals surface area contributed by atoms with Crippen molar-refractivity contribution in [1.82, 2.24) is 20.6 Å².